The van der Waals surface area contributed by atoms with Crippen molar-refractivity contribution in [3.63, 3.8) is 0 Å². The first-order valence-electron chi connectivity index (χ1n) is 4.71. The third-order valence-corrected chi connectivity index (χ3v) is 4.86. The minimum atomic E-state index is -0.340. The number of hydrogen-bond donors (Lipinski definition) is 1. The van der Waals surface area contributed by atoms with Crippen LogP contribution in [0.25, 0.3) is 0 Å². The minimum Gasteiger partial charge on any atom is -0.395 e. The van der Waals surface area contributed by atoms with E-state index in [0.717, 1.165) is 6.42 Å². The third-order valence-electron chi connectivity index (χ3n) is 4.86. The molecule has 2 nitrogen and oxygen atoms in total. The average Bonchev–Trinajstić information content (AvgIpc) is 2.53. The van der Waals surface area contributed by atoms with Crippen LogP contribution in [0.15, 0.2) is 0 Å². The second kappa shape index (κ2) is 1.50. The molecule has 4 atom stereocenters. The molecule has 4 saturated carbocycles. The topological polar surface area (TPSA) is 37.3 Å². The molecule has 0 saturated heterocycles. The Bertz CT molecular complexity index is 282. The van der Waals surface area contributed by atoms with Gasteiger partial charge in [-0.2, -0.15) is 0 Å². The van der Waals surface area contributed by atoms with E-state index in [4.69, 9.17) is 0 Å². The highest BCUT2D eigenvalue weighted by Crippen LogP contribution is 2.81. The summed E-state index contributed by atoms with van der Waals surface area (Å²) in [6.07, 6.45) is 0.963. The smallest absolute Gasteiger partial charge is 0.145 e. The number of ketones is 1. The maximum absolute atomic E-state index is 11.8. The minimum absolute atomic E-state index is 0.0718. The number of Topliss-reactive ketones (excluding diaryl/α,β-unsaturated/α-hetero) is 1. The molecule has 4 bridgehead atoms. The van der Waals surface area contributed by atoms with Gasteiger partial charge in [0.05, 0.1) is 12.0 Å². The summed E-state index contributed by atoms with van der Waals surface area (Å²) in [5.41, 5.74) is -0.263. The lowest BCUT2D eigenvalue weighted by Gasteiger charge is -2.34. The van der Waals surface area contributed by atoms with Gasteiger partial charge in [0.15, 0.2) is 0 Å². The molecule has 66 valence electrons. The SMILES string of the molecule is CC1(C)C2C3CC1(CO)C(=O)C32. The summed E-state index contributed by atoms with van der Waals surface area (Å²) >= 11 is 0. The van der Waals surface area contributed by atoms with Crippen LogP contribution in [0.5, 0.6) is 0 Å². The van der Waals surface area contributed by atoms with E-state index in [1.807, 2.05) is 0 Å². The molecule has 4 aliphatic carbocycles. The quantitative estimate of drug-likeness (QED) is 0.626. The molecular weight excluding hydrogens is 152 g/mol. The largest absolute Gasteiger partial charge is 0.395 e. The van der Waals surface area contributed by atoms with E-state index in [0.29, 0.717) is 23.5 Å². The molecule has 4 aliphatic rings. The van der Waals surface area contributed by atoms with E-state index in [1.54, 1.807) is 0 Å². The van der Waals surface area contributed by atoms with Crippen molar-refractivity contribution < 1.29 is 9.90 Å². The maximum Gasteiger partial charge on any atom is 0.145 e. The Labute approximate surface area is 72.0 Å². The van der Waals surface area contributed by atoms with Crippen molar-refractivity contribution in [2.24, 2.45) is 28.6 Å². The van der Waals surface area contributed by atoms with Gasteiger partial charge in [-0.3, -0.25) is 4.79 Å². The van der Waals surface area contributed by atoms with Crippen LogP contribution in [0.4, 0.5) is 0 Å². The Morgan fingerprint density at radius 3 is 2.42 bits per heavy atom. The summed E-state index contributed by atoms with van der Waals surface area (Å²) in [7, 11) is 0. The Balaban J connectivity index is 2.18. The zero-order chi connectivity index (χ0) is 8.72. The molecule has 0 heterocycles. The van der Waals surface area contributed by atoms with E-state index in [2.05, 4.69) is 13.8 Å². The fourth-order valence-electron chi connectivity index (χ4n) is 4.04. The molecule has 1 N–H and O–H groups in total. The van der Waals surface area contributed by atoms with Crippen molar-refractivity contribution in [2.75, 3.05) is 6.61 Å². The van der Waals surface area contributed by atoms with Crippen LogP contribution in [0, 0.1) is 28.6 Å². The highest BCUT2D eigenvalue weighted by atomic mass is 16.3. The van der Waals surface area contributed by atoms with Crippen molar-refractivity contribution in [3.8, 4) is 0 Å². The van der Waals surface area contributed by atoms with Gasteiger partial charge in [-0.15, -0.1) is 0 Å². The Morgan fingerprint density at radius 2 is 2.25 bits per heavy atom. The van der Waals surface area contributed by atoms with Crippen molar-refractivity contribution in [3.05, 3.63) is 0 Å². The third kappa shape index (κ3) is 0.395. The van der Waals surface area contributed by atoms with Gasteiger partial charge in [-0.05, 0) is 23.7 Å². The van der Waals surface area contributed by atoms with E-state index >= 15 is 0 Å². The molecule has 0 spiro atoms. The number of carbonyl (C=O) groups is 1. The van der Waals surface area contributed by atoms with E-state index in [-0.39, 0.29) is 17.4 Å². The maximum atomic E-state index is 11.8. The van der Waals surface area contributed by atoms with Gasteiger partial charge < -0.3 is 5.11 Å². The monoisotopic (exact) mass is 166 g/mol. The van der Waals surface area contributed by atoms with Crippen LogP contribution in [0.3, 0.4) is 0 Å². The van der Waals surface area contributed by atoms with Gasteiger partial charge in [0.2, 0.25) is 0 Å². The summed E-state index contributed by atoms with van der Waals surface area (Å²) in [6, 6.07) is 0. The van der Waals surface area contributed by atoms with Crippen molar-refractivity contribution in [2.45, 2.75) is 20.3 Å². The lowest BCUT2D eigenvalue weighted by atomic mass is 9.69. The molecule has 4 rings (SSSR count). The fourth-order valence-corrected chi connectivity index (χ4v) is 4.04. The standard InChI is InChI=1S/C10H14O2/c1-9(2)7-5-3-10(9,4-11)8(12)6(5)7/h5-7,11H,3-4H2,1-2H3. The predicted octanol–water partition coefficient (Wildman–Crippen LogP) is 0.840. The molecule has 0 aromatic heterocycles. The zero-order valence-corrected chi connectivity index (χ0v) is 7.50. The van der Waals surface area contributed by atoms with Gasteiger partial charge in [0.1, 0.15) is 5.78 Å². The Hall–Kier alpha value is -0.370. The summed E-state index contributed by atoms with van der Waals surface area (Å²) in [4.78, 5) is 11.8. The molecular formula is C10H14O2. The lowest BCUT2D eigenvalue weighted by Crippen LogP contribution is -2.38. The summed E-state index contributed by atoms with van der Waals surface area (Å²) in [6.45, 7) is 4.37. The normalized spacial score (nSPS) is 57.9. The second-order valence-electron chi connectivity index (χ2n) is 5.25. The van der Waals surface area contributed by atoms with E-state index in [9.17, 15) is 9.90 Å². The zero-order valence-electron chi connectivity index (χ0n) is 7.50. The lowest BCUT2D eigenvalue weighted by molar-refractivity contribution is -0.131. The number of rotatable bonds is 1. The second-order valence-corrected chi connectivity index (χ2v) is 5.25. The van der Waals surface area contributed by atoms with Gasteiger partial charge in [0.25, 0.3) is 0 Å². The predicted molar refractivity (Wildman–Crippen MR) is 43.4 cm³/mol. The summed E-state index contributed by atoms with van der Waals surface area (Å²) < 4.78 is 0. The molecule has 0 aromatic rings. The van der Waals surface area contributed by atoms with Crippen LogP contribution in [-0.2, 0) is 4.79 Å². The van der Waals surface area contributed by atoms with Crippen molar-refractivity contribution in [1.29, 1.82) is 0 Å². The molecule has 4 fully saturated rings. The van der Waals surface area contributed by atoms with Crippen LogP contribution < -0.4 is 0 Å². The molecule has 0 radical (unpaired) electrons. The first-order chi connectivity index (χ1) is 5.56. The molecule has 0 amide bonds. The van der Waals surface area contributed by atoms with Crippen LogP contribution in [0.2, 0.25) is 0 Å². The first kappa shape index (κ1) is 7.07. The number of aliphatic hydroxyl groups is 1. The van der Waals surface area contributed by atoms with Crippen LogP contribution in [0.1, 0.15) is 20.3 Å². The van der Waals surface area contributed by atoms with Gasteiger partial charge in [-0.25, -0.2) is 0 Å². The van der Waals surface area contributed by atoms with Crippen LogP contribution in [-0.4, -0.2) is 17.5 Å². The van der Waals surface area contributed by atoms with E-state index in [1.165, 1.54) is 0 Å². The average molecular weight is 166 g/mol. The van der Waals surface area contributed by atoms with Gasteiger partial charge in [-0.1, -0.05) is 13.8 Å². The highest BCUT2D eigenvalue weighted by Gasteiger charge is 2.83. The Morgan fingerprint density at radius 1 is 1.58 bits per heavy atom. The first-order valence-corrected chi connectivity index (χ1v) is 4.71. The van der Waals surface area contributed by atoms with Crippen molar-refractivity contribution >= 4 is 5.78 Å². The molecule has 0 aliphatic heterocycles. The van der Waals surface area contributed by atoms with Gasteiger partial charge >= 0.3 is 0 Å². The number of aliphatic hydroxyl groups excluding tert-OH is 1. The highest BCUT2D eigenvalue weighted by molar-refractivity contribution is 5.97. The number of hydrogen-bond acceptors (Lipinski definition) is 2. The van der Waals surface area contributed by atoms with Crippen molar-refractivity contribution in [1.82, 2.24) is 0 Å². The Kier molecular flexibility index (Phi) is 0.885. The molecule has 2 heteroatoms. The molecule has 12 heavy (non-hydrogen) atoms. The molecule has 0 aromatic carbocycles. The summed E-state index contributed by atoms with van der Waals surface area (Å²) in [5, 5.41) is 9.34. The van der Waals surface area contributed by atoms with Crippen LogP contribution >= 0.6 is 0 Å². The fraction of sp³-hybridized carbons (Fsp3) is 0.900. The molecule has 4 unspecified atom stereocenters. The number of carbonyl (C=O) groups excluding carboxylic acids is 1. The summed E-state index contributed by atoms with van der Waals surface area (Å²) in [5.74, 6) is 1.95. The van der Waals surface area contributed by atoms with E-state index < -0.39 is 0 Å². The van der Waals surface area contributed by atoms with Gasteiger partial charge in [0, 0.05) is 5.92 Å².